The molecule has 2 N–H and O–H groups in total. The summed E-state index contributed by atoms with van der Waals surface area (Å²) in [5, 5.41) is 26.1. The second-order valence-corrected chi connectivity index (χ2v) is 2.79. The second-order valence-electron chi connectivity index (χ2n) is 2.79. The molecule has 0 spiro atoms. The van der Waals surface area contributed by atoms with Crippen LogP contribution in [0.5, 0.6) is 5.75 Å². The number of halogens is 3. The number of ether oxygens (including phenoxy) is 1. The molecule has 1 aromatic rings. The predicted molar refractivity (Wildman–Crippen MR) is 47.7 cm³/mol. The Kier molecular flexibility index (Phi) is 3.42. The van der Waals surface area contributed by atoms with Gasteiger partial charge in [0.1, 0.15) is 5.75 Å². The fraction of sp³-hybridized carbons (Fsp3) is 0.125. The van der Waals surface area contributed by atoms with Crippen LogP contribution >= 0.6 is 0 Å². The number of hydrogen-bond donors (Lipinski definition) is 2. The molecule has 0 unspecified atom stereocenters. The van der Waals surface area contributed by atoms with Gasteiger partial charge in [0.25, 0.3) is 0 Å². The fourth-order valence-electron chi connectivity index (χ4n) is 1.03. The molecule has 0 aliphatic heterocycles. The van der Waals surface area contributed by atoms with Crippen molar-refractivity contribution in [3.05, 3.63) is 23.8 Å². The van der Waals surface area contributed by atoms with E-state index < -0.39 is 24.7 Å². The first-order valence-corrected chi connectivity index (χ1v) is 3.99. The van der Waals surface area contributed by atoms with Gasteiger partial charge < -0.3 is 14.8 Å². The number of rotatable bonds is 2. The lowest BCUT2D eigenvalue weighted by atomic mass is 9.79. The molecule has 0 amide bonds. The molecule has 4 nitrogen and oxygen atoms in total. The first-order chi connectivity index (χ1) is 7.33. The molecule has 8 heteroatoms. The first-order valence-electron chi connectivity index (χ1n) is 3.99. The fourth-order valence-corrected chi connectivity index (χ4v) is 1.03. The standard InChI is InChI=1S/C8H5BF3NO3/c10-8(11,12)16-7-3-5(4-13)1-2-6(7)9(14)15/h1-3,14-15H. The maximum atomic E-state index is 12.0. The van der Waals surface area contributed by atoms with Gasteiger partial charge in [0.05, 0.1) is 11.6 Å². The van der Waals surface area contributed by atoms with Gasteiger partial charge in [-0.1, -0.05) is 6.07 Å². The highest BCUT2D eigenvalue weighted by Gasteiger charge is 2.33. The summed E-state index contributed by atoms with van der Waals surface area (Å²) in [5.41, 5.74) is -0.542. The topological polar surface area (TPSA) is 73.5 Å². The van der Waals surface area contributed by atoms with Gasteiger partial charge >= 0.3 is 13.5 Å². The first kappa shape index (κ1) is 12.4. The van der Waals surface area contributed by atoms with E-state index in [-0.39, 0.29) is 5.56 Å². The molecule has 1 aromatic carbocycles. The largest absolute Gasteiger partial charge is 0.573 e. The predicted octanol–water partition coefficient (Wildman–Crippen LogP) is 0.137. The number of alkyl halides is 3. The summed E-state index contributed by atoms with van der Waals surface area (Å²) in [6, 6.07) is 4.52. The van der Waals surface area contributed by atoms with Gasteiger partial charge in [-0.05, 0) is 12.1 Å². The number of benzene rings is 1. The molecule has 0 saturated carbocycles. The molecule has 0 aliphatic rings. The van der Waals surface area contributed by atoms with E-state index >= 15 is 0 Å². The Morgan fingerprint density at radius 3 is 2.38 bits per heavy atom. The summed E-state index contributed by atoms with van der Waals surface area (Å²) in [7, 11) is -2.11. The third-order valence-electron chi connectivity index (χ3n) is 1.65. The zero-order chi connectivity index (χ0) is 12.3. The lowest BCUT2D eigenvalue weighted by Crippen LogP contribution is -2.33. The van der Waals surface area contributed by atoms with E-state index in [0.29, 0.717) is 0 Å². The lowest BCUT2D eigenvalue weighted by molar-refractivity contribution is -0.274. The van der Waals surface area contributed by atoms with Crippen LogP contribution in [-0.2, 0) is 0 Å². The van der Waals surface area contributed by atoms with Crippen molar-refractivity contribution in [1.82, 2.24) is 0 Å². The average Bonchev–Trinajstić information content (AvgIpc) is 2.14. The Balaban J connectivity index is 3.17. The second kappa shape index (κ2) is 4.43. The Morgan fingerprint density at radius 2 is 1.94 bits per heavy atom. The molecule has 0 bridgehead atoms. The van der Waals surface area contributed by atoms with E-state index in [4.69, 9.17) is 15.3 Å². The van der Waals surface area contributed by atoms with Crippen LogP contribution in [0.25, 0.3) is 0 Å². The van der Waals surface area contributed by atoms with E-state index in [1.807, 2.05) is 0 Å². The van der Waals surface area contributed by atoms with E-state index in [1.54, 1.807) is 6.07 Å². The van der Waals surface area contributed by atoms with Gasteiger partial charge in [-0.15, -0.1) is 13.2 Å². The Bertz CT molecular complexity index is 428. The van der Waals surface area contributed by atoms with Crippen LogP contribution in [0.4, 0.5) is 13.2 Å². The Morgan fingerprint density at radius 1 is 1.31 bits per heavy atom. The summed E-state index contributed by atoms with van der Waals surface area (Å²) in [6.45, 7) is 0. The molecule has 0 fully saturated rings. The quantitative estimate of drug-likeness (QED) is 0.709. The maximum absolute atomic E-state index is 12.0. The zero-order valence-electron chi connectivity index (χ0n) is 7.69. The molecular weight excluding hydrogens is 226 g/mol. The maximum Gasteiger partial charge on any atom is 0.573 e. The molecule has 0 aromatic heterocycles. The van der Waals surface area contributed by atoms with Crippen LogP contribution in [0, 0.1) is 11.3 Å². The van der Waals surface area contributed by atoms with E-state index in [9.17, 15) is 13.2 Å². The van der Waals surface area contributed by atoms with Crippen LogP contribution in [0.1, 0.15) is 5.56 Å². The van der Waals surface area contributed by atoms with Crippen LogP contribution in [0.15, 0.2) is 18.2 Å². The summed E-state index contributed by atoms with van der Waals surface area (Å²) >= 11 is 0. The summed E-state index contributed by atoms with van der Waals surface area (Å²) in [6.07, 6.45) is -4.96. The highest BCUT2D eigenvalue weighted by molar-refractivity contribution is 6.59. The third kappa shape index (κ3) is 3.15. The van der Waals surface area contributed by atoms with Crippen molar-refractivity contribution in [3.63, 3.8) is 0 Å². The van der Waals surface area contributed by atoms with Crippen molar-refractivity contribution in [3.8, 4) is 11.8 Å². The molecule has 0 radical (unpaired) electrons. The highest BCUT2D eigenvalue weighted by atomic mass is 19.4. The normalized spacial score (nSPS) is 10.8. The molecule has 0 saturated heterocycles. The van der Waals surface area contributed by atoms with Crippen LogP contribution in [-0.4, -0.2) is 23.5 Å². The summed E-state index contributed by atoms with van der Waals surface area (Å²) in [5.74, 6) is -0.804. The van der Waals surface area contributed by atoms with E-state index in [1.165, 1.54) is 0 Å². The minimum atomic E-state index is -4.96. The van der Waals surface area contributed by atoms with Crippen molar-refractivity contribution >= 4 is 12.6 Å². The Labute approximate surface area is 88.6 Å². The van der Waals surface area contributed by atoms with Crippen molar-refractivity contribution in [1.29, 1.82) is 5.26 Å². The molecule has 0 heterocycles. The summed E-state index contributed by atoms with van der Waals surface area (Å²) in [4.78, 5) is 0. The Hall–Kier alpha value is -1.72. The average molecular weight is 231 g/mol. The van der Waals surface area contributed by atoms with Crippen molar-refractivity contribution in [2.24, 2.45) is 0 Å². The number of nitrogens with zero attached hydrogens (tertiary/aromatic N) is 1. The number of nitriles is 1. The monoisotopic (exact) mass is 231 g/mol. The molecule has 16 heavy (non-hydrogen) atoms. The minimum absolute atomic E-state index is 0.0800. The highest BCUT2D eigenvalue weighted by Crippen LogP contribution is 2.22. The van der Waals surface area contributed by atoms with Crippen molar-refractivity contribution in [2.75, 3.05) is 0 Å². The molecule has 1 rings (SSSR count). The SMILES string of the molecule is N#Cc1ccc(B(O)O)c(OC(F)(F)F)c1. The van der Waals surface area contributed by atoms with E-state index in [0.717, 1.165) is 18.2 Å². The minimum Gasteiger partial charge on any atom is -0.423 e. The van der Waals surface area contributed by atoms with Gasteiger partial charge in [-0.2, -0.15) is 5.26 Å². The van der Waals surface area contributed by atoms with Crippen LogP contribution < -0.4 is 10.2 Å². The number of hydrogen-bond acceptors (Lipinski definition) is 4. The van der Waals surface area contributed by atoms with Crippen LogP contribution in [0.3, 0.4) is 0 Å². The van der Waals surface area contributed by atoms with Crippen molar-refractivity contribution in [2.45, 2.75) is 6.36 Å². The summed E-state index contributed by atoms with van der Waals surface area (Å²) < 4.78 is 39.4. The third-order valence-corrected chi connectivity index (χ3v) is 1.65. The molecular formula is C8H5BF3NO3. The zero-order valence-corrected chi connectivity index (χ0v) is 7.69. The van der Waals surface area contributed by atoms with Gasteiger partial charge in [-0.3, -0.25) is 0 Å². The smallest absolute Gasteiger partial charge is 0.423 e. The van der Waals surface area contributed by atoms with Gasteiger partial charge in [0.15, 0.2) is 0 Å². The lowest BCUT2D eigenvalue weighted by Gasteiger charge is -2.12. The van der Waals surface area contributed by atoms with Crippen LogP contribution in [0.2, 0.25) is 0 Å². The molecule has 0 aliphatic carbocycles. The van der Waals surface area contributed by atoms with Gasteiger partial charge in [0, 0.05) is 5.46 Å². The van der Waals surface area contributed by atoms with E-state index in [2.05, 4.69) is 4.74 Å². The molecule has 0 atom stereocenters. The van der Waals surface area contributed by atoms with Crippen molar-refractivity contribution < 1.29 is 28.0 Å². The molecule has 84 valence electrons. The van der Waals surface area contributed by atoms with Gasteiger partial charge in [0.2, 0.25) is 0 Å². The van der Waals surface area contributed by atoms with Gasteiger partial charge in [-0.25, -0.2) is 0 Å².